The highest BCUT2D eigenvalue weighted by atomic mass is 35.5. The van der Waals surface area contributed by atoms with Crippen LogP contribution < -0.4 is 16.0 Å². The fraction of sp³-hybridized carbons (Fsp3) is 0.500. The van der Waals surface area contributed by atoms with E-state index in [2.05, 4.69) is 20.9 Å². The monoisotopic (exact) mass is 322 g/mol. The molecular weight excluding hydrogens is 300 g/mol. The zero-order chi connectivity index (χ0) is 15.8. The Bertz CT molecular complexity index is 511. The first-order valence-electron chi connectivity index (χ1n) is 7.73. The lowest BCUT2D eigenvalue weighted by Gasteiger charge is -2.11. The number of aliphatic imine (C=N–C) groups is 1. The summed E-state index contributed by atoms with van der Waals surface area (Å²) in [5.74, 6) is 0.653. The molecule has 1 aliphatic carbocycles. The van der Waals surface area contributed by atoms with Crippen molar-refractivity contribution in [3.05, 3.63) is 34.9 Å². The number of benzene rings is 1. The van der Waals surface area contributed by atoms with Gasteiger partial charge in [0.15, 0.2) is 5.96 Å². The number of halogens is 1. The largest absolute Gasteiger partial charge is 0.357 e. The van der Waals surface area contributed by atoms with E-state index < -0.39 is 0 Å². The minimum absolute atomic E-state index is 0.0163. The van der Waals surface area contributed by atoms with Crippen LogP contribution in [-0.4, -0.2) is 37.5 Å². The van der Waals surface area contributed by atoms with Crippen LogP contribution in [0, 0.1) is 0 Å². The molecule has 1 saturated carbocycles. The molecule has 3 N–H and O–H groups in total. The van der Waals surface area contributed by atoms with E-state index in [-0.39, 0.29) is 12.5 Å². The quantitative estimate of drug-likeness (QED) is 0.529. The molecule has 5 nitrogen and oxygen atoms in total. The summed E-state index contributed by atoms with van der Waals surface area (Å²) in [7, 11) is 0. The van der Waals surface area contributed by atoms with Crippen LogP contribution in [0.5, 0.6) is 0 Å². The normalized spacial score (nSPS) is 14.5. The van der Waals surface area contributed by atoms with Gasteiger partial charge in [-0.1, -0.05) is 23.7 Å². The summed E-state index contributed by atoms with van der Waals surface area (Å²) in [6.07, 6.45) is 3.06. The molecule has 1 aliphatic rings. The molecule has 0 atom stereocenters. The molecule has 1 aromatic rings. The summed E-state index contributed by atoms with van der Waals surface area (Å²) in [6, 6.07) is 8.17. The highest BCUT2D eigenvalue weighted by molar-refractivity contribution is 6.30. The Kier molecular flexibility index (Phi) is 6.52. The van der Waals surface area contributed by atoms with Crippen LogP contribution >= 0.6 is 11.6 Å². The number of nitrogens with one attached hydrogen (secondary N) is 3. The van der Waals surface area contributed by atoms with Crippen LogP contribution in [0.15, 0.2) is 29.3 Å². The summed E-state index contributed by atoms with van der Waals surface area (Å²) in [6.45, 7) is 3.67. The minimum atomic E-state index is -0.0163. The lowest BCUT2D eigenvalue weighted by molar-refractivity contribution is -0.119. The Labute approximate surface area is 136 Å². The number of carbonyl (C=O) groups is 1. The third-order valence-corrected chi connectivity index (χ3v) is 3.54. The number of hydrogen-bond acceptors (Lipinski definition) is 2. The van der Waals surface area contributed by atoms with Crippen LogP contribution in [0.2, 0.25) is 5.02 Å². The number of carbonyl (C=O) groups excluding carboxylic acids is 1. The van der Waals surface area contributed by atoms with Crippen molar-refractivity contribution in [3.63, 3.8) is 0 Å². The summed E-state index contributed by atoms with van der Waals surface area (Å²) in [5, 5.41) is 10.0. The molecule has 0 radical (unpaired) electrons. The minimum Gasteiger partial charge on any atom is -0.357 e. The standard InChI is InChI=1S/C16H23ClN4O/c1-2-18-16(20-11-15(22)21-14-7-8-14)19-10-9-12-3-5-13(17)6-4-12/h3-6,14H,2,7-11H2,1H3,(H,21,22)(H2,18,19,20). The average Bonchev–Trinajstić information content (AvgIpc) is 3.31. The van der Waals surface area contributed by atoms with E-state index >= 15 is 0 Å². The predicted octanol–water partition coefficient (Wildman–Crippen LogP) is 1.72. The highest BCUT2D eigenvalue weighted by Gasteiger charge is 2.22. The van der Waals surface area contributed by atoms with Gasteiger partial charge in [-0.15, -0.1) is 0 Å². The van der Waals surface area contributed by atoms with Gasteiger partial charge in [-0.2, -0.15) is 0 Å². The summed E-state index contributed by atoms with van der Waals surface area (Å²) in [4.78, 5) is 15.9. The third-order valence-electron chi connectivity index (χ3n) is 3.29. The van der Waals surface area contributed by atoms with Crippen molar-refractivity contribution in [3.8, 4) is 0 Å². The van der Waals surface area contributed by atoms with E-state index in [4.69, 9.17) is 11.6 Å². The lowest BCUT2D eigenvalue weighted by Crippen LogP contribution is -2.39. The van der Waals surface area contributed by atoms with Crippen molar-refractivity contribution in [2.24, 2.45) is 4.99 Å². The molecule has 1 amide bonds. The van der Waals surface area contributed by atoms with Gasteiger partial charge in [-0.25, -0.2) is 4.99 Å². The Hall–Kier alpha value is -1.75. The van der Waals surface area contributed by atoms with Gasteiger partial charge in [0, 0.05) is 24.2 Å². The molecule has 0 heterocycles. The van der Waals surface area contributed by atoms with Gasteiger partial charge < -0.3 is 16.0 Å². The maximum absolute atomic E-state index is 11.6. The van der Waals surface area contributed by atoms with Crippen molar-refractivity contribution in [2.75, 3.05) is 19.6 Å². The van der Waals surface area contributed by atoms with Gasteiger partial charge in [0.2, 0.25) is 5.91 Å². The second-order valence-corrected chi connectivity index (χ2v) is 5.78. The van der Waals surface area contributed by atoms with E-state index in [0.29, 0.717) is 12.0 Å². The number of hydrogen-bond donors (Lipinski definition) is 3. The van der Waals surface area contributed by atoms with Crippen molar-refractivity contribution >= 4 is 23.5 Å². The Morgan fingerprint density at radius 3 is 2.64 bits per heavy atom. The first-order valence-corrected chi connectivity index (χ1v) is 8.11. The molecule has 22 heavy (non-hydrogen) atoms. The molecule has 1 aromatic carbocycles. The Morgan fingerprint density at radius 1 is 1.27 bits per heavy atom. The second-order valence-electron chi connectivity index (χ2n) is 5.34. The van der Waals surface area contributed by atoms with E-state index in [0.717, 1.165) is 37.4 Å². The van der Waals surface area contributed by atoms with Crippen LogP contribution in [0.4, 0.5) is 0 Å². The lowest BCUT2D eigenvalue weighted by atomic mass is 10.1. The summed E-state index contributed by atoms with van der Waals surface area (Å²) < 4.78 is 0. The number of rotatable bonds is 7. The van der Waals surface area contributed by atoms with E-state index in [9.17, 15) is 4.79 Å². The maximum Gasteiger partial charge on any atom is 0.242 e. The SMILES string of the molecule is CCNC(=NCC(=O)NC1CC1)NCCc1ccc(Cl)cc1. The van der Waals surface area contributed by atoms with Crippen LogP contribution in [0.3, 0.4) is 0 Å². The number of guanidine groups is 1. The summed E-state index contributed by atoms with van der Waals surface area (Å²) in [5.41, 5.74) is 1.21. The van der Waals surface area contributed by atoms with Gasteiger partial charge >= 0.3 is 0 Å². The first-order chi connectivity index (χ1) is 10.7. The topological polar surface area (TPSA) is 65.5 Å². The van der Waals surface area contributed by atoms with Gasteiger partial charge in [0.05, 0.1) is 0 Å². The first kappa shape index (κ1) is 16.6. The van der Waals surface area contributed by atoms with Crippen molar-refractivity contribution in [1.82, 2.24) is 16.0 Å². The van der Waals surface area contributed by atoms with Crippen molar-refractivity contribution in [2.45, 2.75) is 32.2 Å². The van der Waals surface area contributed by atoms with Gasteiger partial charge in [0.25, 0.3) is 0 Å². The number of amides is 1. The predicted molar refractivity (Wildman–Crippen MR) is 90.3 cm³/mol. The van der Waals surface area contributed by atoms with Crippen LogP contribution in [0.25, 0.3) is 0 Å². The number of nitrogens with zero attached hydrogens (tertiary/aromatic N) is 1. The fourth-order valence-corrected chi connectivity index (χ4v) is 2.10. The molecule has 0 unspecified atom stereocenters. The molecule has 0 aromatic heterocycles. The van der Waals surface area contributed by atoms with Crippen molar-refractivity contribution in [1.29, 1.82) is 0 Å². The molecule has 0 aliphatic heterocycles. The van der Waals surface area contributed by atoms with Crippen molar-refractivity contribution < 1.29 is 4.79 Å². The zero-order valence-electron chi connectivity index (χ0n) is 12.9. The van der Waals surface area contributed by atoms with E-state index in [1.54, 1.807) is 0 Å². The maximum atomic E-state index is 11.6. The summed E-state index contributed by atoms with van der Waals surface area (Å²) >= 11 is 5.87. The zero-order valence-corrected chi connectivity index (χ0v) is 13.6. The molecule has 120 valence electrons. The molecular formula is C16H23ClN4O. The Morgan fingerprint density at radius 2 is 2.00 bits per heavy atom. The molecule has 0 saturated heterocycles. The second kappa shape index (κ2) is 8.63. The highest BCUT2D eigenvalue weighted by Crippen LogP contribution is 2.18. The molecule has 0 bridgehead atoms. The third kappa shape index (κ3) is 6.35. The average molecular weight is 323 g/mol. The van der Waals surface area contributed by atoms with Gasteiger partial charge in [-0.05, 0) is 43.9 Å². The molecule has 0 spiro atoms. The molecule has 1 fully saturated rings. The van der Waals surface area contributed by atoms with Crippen LogP contribution in [-0.2, 0) is 11.2 Å². The fourth-order valence-electron chi connectivity index (χ4n) is 1.97. The van der Waals surface area contributed by atoms with Gasteiger partial charge in [0.1, 0.15) is 6.54 Å². The smallest absolute Gasteiger partial charge is 0.242 e. The van der Waals surface area contributed by atoms with E-state index in [1.807, 2.05) is 31.2 Å². The van der Waals surface area contributed by atoms with E-state index in [1.165, 1.54) is 5.56 Å². The molecule has 2 rings (SSSR count). The molecule has 6 heteroatoms. The van der Waals surface area contributed by atoms with Crippen LogP contribution in [0.1, 0.15) is 25.3 Å². The van der Waals surface area contributed by atoms with Gasteiger partial charge in [-0.3, -0.25) is 4.79 Å². The Balaban J connectivity index is 1.74.